The van der Waals surface area contributed by atoms with Crippen LogP contribution in [-0.2, 0) is 22.8 Å². The van der Waals surface area contributed by atoms with Crippen molar-refractivity contribution < 1.29 is 19.4 Å². The topological polar surface area (TPSA) is 111 Å². The average molecular weight is 293 g/mol. The number of hydrogen-bond donors (Lipinski definition) is 2. The number of ether oxygens (including phenoxy) is 1. The lowest BCUT2D eigenvalue weighted by molar-refractivity contribution is -0.116. The van der Waals surface area contributed by atoms with E-state index in [1.54, 1.807) is 18.0 Å². The van der Waals surface area contributed by atoms with Gasteiger partial charge in [-0.05, 0) is 6.07 Å². The number of amides is 1. The number of aromatic nitrogens is 4. The first kappa shape index (κ1) is 14.7. The summed E-state index contributed by atoms with van der Waals surface area (Å²) in [6.07, 6.45) is 4.87. The van der Waals surface area contributed by atoms with Crippen LogP contribution in [0.5, 0.6) is 0 Å². The Labute approximate surface area is 120 Å². The zero-order chi connectivity index (χ0) is 15.2. The van der Waals surface area contributed by atoms with Gasteiger partial charge in [0.2, 0.25) is 5.91 Å². The zero-order valence-electron chi connectivity index (χ0n) is 11.4. The van der Waals surface area contributed by atoms with Crippen molar-refractivity contribution in [3.05, 3.63) is 30.4 Å². The highest BCUT2D eigenvalue weighted by atomic mass is 16.5. The number of carboxylic acids is 1. The van der Waals surface area contributed by atoms with Crippen LogP contribution in [0.1, 0.15) is 16.9 Å². The monoisotopic (exact) mass is 293 g/mol. The first-order valence-electron chi connectivity index (χ1n) is 6.16. The fourth-order valence-electron chi connectivity index (χ4n) is 1.67. The van der Waals surface area contributed by atoms with E-state index >= 15 is 0 Å². The van der Waals surface area contributed by atoms with Crippen molar-refractivity contribution in [1.82, 2.24) is 19.6 Å². The molecule has 2 aromatic rings. The molecule has 0 saturated heterocycles. The first-order valence-corrected chi connectivity index (χ1v) is 6.16. The molecule has 0 unspecified atom stereocenters. The predicted molar refractivity (Wildman–Crippen MR) is 71.7 cm³/mol. The molecule has 0 saturated carbocycles. The van der Waals surface area contributed by atoms with Crippen molar-refractivity contribution in [2.75, 3.05) is 12.4 Å². The van der Waals surface area contributed by atoms with E-state index in [1.165, 1.54) is 23.1 Å². The fraction of sp³-hybridized carbons (Fsp3) is 0.333. The minimum atomic E-state index is -1.09. The van der Waals surface area contributed by atoms with Crippen LogP contribution in [0.25, 0.3) is 0 Å². The van der Waals surface area contributed by atoms with Crippen molar-refractivity contribution in [1.29, 1.82) is 0 Å². The van der Waals surface area contributed by atoms with Gasteiger partial charge >= 0.3 is 5.97 Å². The molecule has 0 aromatic carbocycles. The maximum absolute atomic E-state index is 11.8. The van der Waals surface area contributed by atoms with Crippen molar-refractivity contribution >= 4 is 17.6 Å². The van der Waals surface area contributed by atoms with E-state index < -0.39 is 5.97 Å². The number of carboxylic acid groups (broad SMARTS) is 1. The fourth-order valence-corrected chi connectivity index (χ4v) is 1.67. The number of aryl methyl sites for hydroxylation is 1. The Morgan fingerprint density at radius 1 is 1.43 bits per heavy atom. The van der Waals surface area contributed by atoms with E-state index in [4.69, 9.17) is 9.84 Å². The molecule has 21 heavy (non-hydrogen) atoms. The van der Waals surface area contributed by atoms with Gasteiger partial charge in [0.25, 0.3) is 0 Å². The van der Waals surface area contributed by atoms with Crippen LogP contribution in [0, 0.1) is 0 Å². The lowest BCUT2D eigenvalue weighted by Crippen LogP contribution is -2.14. The summed E-state index contributed by atoms with van der Waals surface area (Å²) in [5.41, 5.74) is 0.528. The molecular weight excluding hydrogens is 278 g/mol. The van der Waals surface area contributed by atoms with Crippen molar-refractivity contribution in [2.45, 2.75) is 19.7 Å². The van der Waals surface area contributed by atoms with E-state index in [-0.39, 0.29) is 18.0 Å². The molecule has 2 heterocycles. The minimum absolute atomic E-state index is 0.0451. The lowest BCUT2D eigenvalue weighted by Gasteiger charge is -2.03. The quantitative estimate of drug-likeness (QED) is 0.765. The number of carbonyl (C=O) groups is 2. The van der Waals surface area contributed by atoms with Crippen LogP contribution in [0.3, 0.4) is 0 Å². The second kappa shape index (κ2) is 6.66. The first-order chi connectivity index (χ1) is 10.1. The predicted octanol–water partition coefficient (Wildman–Crippen LogP) is 0.410. The molecule has 0 aliphatic carbocycles. The summed E-state index contributed by atoms with van der Waals surface area (Å²) < 4.78 is 7.86. The molecule has 2 N–H and O–H groups in total. The smallest absolute Gasteiger partial charge is 0.356 e. The van der Waals surface area contributed by atoms with Gasteiger partial charge in [0.1, 0.15) is 6.73 Å². The summed E-state index contributed by atoms with van der Waals surface area (Å²) >= 11 is 0. The molecule has 9 heteroatoms. The number of anilines is 1. The molecule has 0 aliphatic heterocycles. The van der Waals surface area contributed by atoms with Gasteiger partial charge in [-0.25, -0.2) is 9.48 Å². The van der Waals surface area contributed by atoms with Crippen molar-refractivity contribution in [3.8, 4) is 0 Å². The Kier molecular flexibility index (Phi) is 4.67. The summed E-state index contributed by atoms with van der Waals surface area (Å²) in [6.45, 7) is 0.604. The highest BCUT2D eigenvalue weighted by Gasteiger charge is 2.08. The third-order valence-electron chi connectivity index (χ3n) is 2.61. The molecule has 2 aromatic heterocycles. The normalized spacial score (nSPS) is 10.5. The van der Waals surface area contributed by atoms with Gasteiger partial charge in [-0.2, -0.15) is 10.2 Å². The number of methoxy groups -OCH3 is 1. The van der Waals surface area contributed by atoms with Gasteiger partial charge in [-0.3, -0.25) is 9.48 Å². The molecular formula is C12H15N5O4. The second-order valence-electron chi connectivity index (χ2n) is 4.25. The summed E-state index contributed by atoms with van der Waals surface area (Å²) in [5.74, 6) is -1.30. The number of hydrogen-bond acceptors (Lipinski definition) is 5. The van der Waals surface area contributed by atoms with Crippen LogP contribution in [0.4, 0.5) is 5.69 Å². The van der Waals surface area contributed by atoms with E-state index in [2.05, 4.69) is 15.5 Å². The molecule has 0 bridgehead atoms. The molecule has 0 aliphatic rings. The molecule has 0 spiro atoms. The molecule has 9 nitrogen and oxygen atoms in total. The molecule has 2 rings (SSSR count). The number of rotatable bonds is 7. The molecule has 0 atom stereocenters. The van der Waals surface area contributed by atoms with Gasteiger partial charge < -0.3 is 15.2 Å². The third-order valence-corrected chi connectivity index (χ3v) is 2.61. The maximum Gasteiger partial charge on any atom is 0.356 e. The Morgan fingerprint density at radius 3 is 2.90 bits per heavy atom. The van der Waals surface area contributed by atoms with E-state index in [0.717, 1.165) is 0 Å². The van der Waals surface area contributed by atoms with Crippen molar-refractivity contribution in [2.24, 2.45) is 0 Å². The Morgan fingerprint density at radius 2 is 2.24 bits per heavy atom. The Balaban J connectivity index is 1.82. The molecule has 0 fully saturated rings. The summed E-state index contributed by atoms with van der Waals surface area (Å²) in [5, 5.41) is 19.2. The van der Waals surface area contributed by atoms with Crippen LogP contribution in [-0.4, -0.2) is 43.7 Å². The van der Waals surface area contributed by atoms with Crippen LogP contribution in [0.2, 0.25) is 0 Å². The SMILES string of the molecule is COCn1cc(NC(=O)CCn2ccc(C(=O)O)n2)cn1. The maximum atomic E-state index is 11.8. The standard InChI is InChI=1S/C12H15N5O4/c1-21-8-17-7-9(6-13-17)14-11(18)3-5-16-4-2-10(15-16)12(19)20/h2,4,6-7H,3,5,8H2,1H3,(H,14,18)(H,19,20). The van der Waals surface area contributed by atoms with Gasteiger partial charge in [0, 0.05) is 26.3 Å². The van der Waals surface area contributed by atoms with E-state index in [0.29, 0.717) is 19.0 Å². The van der Waals surface area contributed by atoms with Crippen molar-refractivity contribution in [3.63, 3.8) is 0 Å². The van der Waals surface area contributed by atoms with Gasteiger partial charge in [0.05, 0.1) is 18.1 Å². The zero-order valence-corrected chi connectivity index (χ0v) is 11.4. The van der Waals surface area contributed by atoms with Gasteiger partial charge in [-0.1, -0.05) is 0 Å². The number of nitrogens with zero attached hydrogens (tertiary/aromatic N) is 4. The van der Waals surface area contributed by atoms with Gasteiger partial charge in [-0.15, -0.1) is 0 Å². The number of nitrogens with one attached hydrogen (secondary N) is 1. The Bertz CT molecular complexity index is 633. The second-order valence-corrected chi connectivity index (χ2v) is 4.25. The van der Waals surface area contributed by atoms with Crippen LogP contribution >= 0.6 is 0 Å². The average Bonchev–Trinajstić information content (AvgIpc) is 3.06. The summed E-state index contributed by atoms with van der Waals surface area (Å²) in [7, 11) is 1.55. The third kappa shape index (κ3) is 4.14. The minimum Gasteiger partial charge on any atom is -0.476 e. The molecule has 1 amide bonds. The molecule has 112 valence electrons. The number of carbonyl (C=O) groups excluding carboxylic acids is 1. The van der Waals surface area contributed by atoms with Crippen LogP contribution in [0.15, 0.2) is 24.7 Å². The molecule has 0 radical (unpaired) electrons. The van der Waals surface area contributed by atoms with Gasteiger partial charge in [0.15, 0.2) is 5.69 Å². The lowest BCUT2D eigenvalue weighted by atomic mass is 10.4. The highest BCUT2D eigenvalue weighted by molar-refractivity contribution is 5.90. The van der Waals surface area contributed by atoms with E-state index in [1.807, 2.05) is 0 Å². The largest absolute Gasteiger partial charge is 0.476 e. The summed E-state index contributed by atoms with van der Waals surface area (Å²) in [6, 6.07) is 1.38. The van der Waals surface area contributed by atoms with E-state index in [9.17, 15) is 9.59 Å². The highest BCUT2D eigenvalue weighted by Crippen LogP contribution is 2.06. The van der Waals surface area contributed by atoms with Crippen LogP contribution < -0.4 is 5.32 Å². The number of aromatic carboxylic acids is 1. The Hall–Kier alpha value is -2.68. The summed E-state index contributed by atoms with van der Waals surface area (Å²) in [4.78, 5) is 22.4.